The summed E-state index contributed by atoms with van der Waals surface area (Å²) in [6.45, 7) is 6.93. The van der Waals surface area contributed by atoms with E-state index in [9.17, 15) is 4.79 Å². The fraction of sp³-hybridized carbons (Fsp3) is 0.500. The lowest BCUT2D eigenvalue weighted by atomic mass is 10.3. The van der Waals surface area contributed by atoms with Gasteiger partial charge in [-0.2, -0.15) is 0 Å². The van der Waals surface area contributed by atoms with Gasteiger partial charge in [0.25, 0.3) is 0 Å². The van der Waals surface area contributed by atoms with Gasteiger partial charge in [0.15, 0.2) is 0 Å². The number of para-hydroxylation sites is 2. The highest BCUT2D eigenvalue weighted by molar-refractivity contribution is 5.76. The van der Waals surface area contributed by atoms with Gasteiger partial charge >= 0.3 is 0 Å². The van der Waals surface area contributed by atoms with E-state index < -0.39 is 0 Å². The molecule has 2 rings (SSSR count). The molecule has 0 aliphatic carbocycles. The number of benzene rings is 1. The third-order valence-corrected chi connectivity index (χ3v) is 3.79. The van der Waals surface area contributed by atoms with E-state index in [2.05, 4.69) is 20.9 Å². The summed E-state index contributed by atoms with van der Waals surface area (Å²) < 4.78 is 2.09. The van der Waals surface area contributed by atoms with Gasteiger partial charge in [-0.05, 0) is 26.0 Å². The quantitative estimate of drug-likeness (QED) is 0.792. The number of hydrogen-bond donors (Lipinski definition) is 1. The number of carbonyl (C=O) groups is 1. The summed E-state index contributed by atoms with van der Waals surface area (Å²) in [5.41, 5.74) is 2.14. The zero-order valence-electron chi connectivity index (χ0n) is 13.1. The molecule has 0 spiro atoms. The summed E-state index contributed by atoms with van der Waals surface area (Å²) in [7, 11) is 2.02. The maximum Gasteiger partial charge on any atom is 0.223 e. The predicted molar refractivity (Wildman–Crippen MR) is 85.0 cm³/mol. The zero-order valence-corrected chi connectivity index (χ0v) is 13.1. The molecule has 0 unspecified atom stereocenters. The Morgan fingerprint density at radius 1 is 1.29 bits per heavy atom. The first-order chi connectivity index (χ1) is 10.2. The van der Waals surface area contributed by atoms with Gasteiger partial charge in [0.05, 0.1) is 17.6 Å². The molecule has 5 heteroatoms. The van der Waals surface area contributed by atoms with Crippen molar-refractivity contribution in [2.24, 2.45) is 7.05 Å². The van der Waals surface area contributed by atoms with Crippen molar-refractivity contribution in [2.75, 3.05) is 19.6 Å². The monoisotopic (exact) mass is 288 g/mol. The first kappa shape index (κ1) is 15.5. The predicted octanol–water partition coefficient (Wildman–Crippen LogP) is 1.92. The molecule has 5 nitrogen and oxygen atoms in total. The minimum absolute atomic E-state index is 0.206. The zero-order chi connectivity index (χ0) is 15.2. The normalized spacial score (nSPS) is 11.0. The van der Waals surface area contributed by atoms with E-state index in [0.717, 1.165) is 29.9 Å². The topological polar surface area (TPSA) is 50.2 Å². The first-order valence-corrected chi connectivity index (χ1v) is 7.56. The summed E-state index contributed by atoms with van der Waals surface area (Å²) in [5.74, 6) is 1.20. The SMILES string of the molecule is CCN(CC)C(=O)CCNCc1nc2ccccc2n1C. The molecule has 0 saturated heterocycles. The Morgan fingerprint density at radius 2 is 2.00 bits per heavy atom. The number of rotatable bonds is 7. The Kier molecular flexibility index (Phi) is 5.33. The van der Waals surface area contributed by atoms with E-state index in [1.807, 2.05) is 44.0 Å². The molecular formula is C16H24N4O. The van der Waals surface area contributed by atoms with Crippen molar-refractivity contribution >= 4 is 16.9 Å². The number of nitrogens with zero attached hydrogens (tertiary/aromatic N) is 3. The number of aromatic nitrogens is 2. The fourth-order valence-corrected chi connectivity index (χ4v) is 2.48. The highest BCUT2D eigenvalue weighted by atomic mass is 16.2. The van der Waals surface area contributed by atoms with E-state index in [-0.39, 0.29) is 5.91 Å². The van der Waals surface area contributed by atoms with Gasteiger partial charge in [0, 0.05) is 33.1 Å². The van der Waals surface area contributed by atoms with Gasteiger partial charge in [-0.25, -0.2) is 4.98 Å². The number of fused-ring (bicyclic) bond motifs is 1. The largest absolute Gasteiger partial charge is 0.343 e. The van der Waals surface area contributed by atoms with Gasteiger partial charge in [-0.15, -0.1) is 0 Å². The van der Waals surface area contributed by atoms with Crippen LogP contribution in [0.4, 0.5) is 0 Å². The maximum atomic E-state index is 11.9. The molecule has 0 bridgehead atoms. The van der Waals surface area contributed by atoms with Crippen LogP contribution < -0.4 is 5.32 Å². The minimum Gasteiger partial charge on any atom is -0.343 e. The van der Waals surface area contributed by atoms with Crippen molar-refractivity contribution in [1.82, 2.24) is 19.8 Å². The van der Waals surface area contributed by atoms with E-state index in [1.165, 1.54) is 0 Å². The van der Waals surface area contributed by atoms with Crippen molar-refractivity contribution in [3.63, 3.8) is 0 Å². The molecule has 1 aromatic heterocycles. The molecule has 0 saturated carbocycles. The second-order valence-corrected chi connectivity index (χ2v) is 5.07. The molecule has 1 aromatic carbocycles. The lowest BCUT2D eigenvalue weighted by Gasteiger charge is -2.18. The van der Waals surface area contributed by atoms with Crippen LogP contribution in [-0.2, 0) is 18.4 Å². The van der Waals surface area contributed by atoms with Crippen molar-refractivity contribution in [1.29, 1.82) is 0 Å². The molecule has 2 aromatic rings. The van der Waals surface area contributed by atoms with Crippen LogP contribution in [0.3, 0.4) is 0 Å². The summed E-state index contributed by atoms with van der Waals surface area (Å²) >= 11 is 0. The van der Waals surface area contributed by atoms with Crippen LogP contribution in [0, 0.1) is 0 Å². The fourth-order valence-electron chi connectivity index (χ4n) is 2.48. The molecule has 0 aliphatic heterocycles. The Balaban J connectivity index is 1.85. The maximum absolute atomic E-state index is 11.9. The summed E-state index contributed by atoms with van der Waals surface area (Å²) in [5, 5.41) is 3.31. The number of carbonyl (C=O) groups excluding carboxylic acids is 1. The van der Waals surface area contributed by atoms with Crippen molar-refractivity contribution < 1.29 is 4.79 Å². The van der Waals surface area contributed by atoms with Crippen LogP contribution in [-0.4, -0.2) is 40.0 Å². The number of amides is 1. The van der Waals surface area contributed by atoms with Crippen LogP contribution in [0.15, 0.2) is 24.3 Å². The van der Waals surface area contributed by atoms with Crippen LogP contribution in [0.2, 0.25) is 0 Å². The van der Waals surface area contributed by atoms with E-state index in [4.69, 9.17) is 0 Å². The highest BCUT2D eigenvalue weighted by Crippen LogP contribution is 2.13. The number of hydrogen-bond acceptors (Lipinski definition) is 3. The standard InChI is InChI=1S/C16H24N4O/c1-4-20(5-2)16(21)10-11-17-12-15-18-13-8-6-7-9-14(13)19(15)3/h6-9,17H,4-5,10-12H2,1-3H3. The average Bonchev–Trinajstić information content (AvgIpc) is 2.82. The van der Waals surface area contributed by atoms with Crippen molar-refractivity contribution in [2.45, 2.75) is 26.8 Å². The Labute approximate surface area is 126 Å². The van der Waals surface area contributed by atoms with E-state index in [0.29, 0.717) is 19.5 Å². The molecule has 114 valence electrons. The van der Waals surface area contributed by atoms with Gasteiger partial charge < -0.3 is 14.8 Å². The van der Waals surface area contributed by atoms with Gasteiger partial charge in [-0.1, -0.05) is 12.1 Å². The minimum atomic E-state index is 0.206. The molecule has 0 radical (unpaired) electrons. The van der Waals surface area contributed by atoms with E-state index in [1.54, 1.807) is 0 Å². The summed E-state index contributed by atoms with van der Waals surface area (Å²) in [4.78, 5) is 18.3. The van der Waals surface area contributed by atoms with Gasteiger partial charge in [0.1, 0.15) is 5.82 Å². The molecule has 0 aliphatic rings. The van der Waals surface area contributed by atoms with Crippen LogP contribution in [0.25, 0.3) is 11.0 Å². The Bertz CT molecular complexity index is 601. The third kappa shape index (κ3) is 3.61. The van der Waals surface area contributed by atoms with Crippen molar-refractivity contribution in [3.05, 3.63) is 30.1 Å². The molecule has 1 amide bonds. The van der Waals surface area contributed by atoms with E-state index >= 15 is 0 Å². The second kappa shape index (κ2) is 7.22. The summed E-state index contributed by atoms with van der Waals surface area (Å²) in [6, 6.07) is 8.09. The average molecular weight is 288 g/mol. The van der Waals surface area contributed by atoms with Crippen LogP contribution in [0.5, 0.6) is 0 Å². The third-order valence-electron chi connectivity index (χ3n) is 3.79. The molecule has 0 atom stereocenters. The molecule has 1 heterocycles. The van der Waals surface area contributed by atoms with Crippen molar-refractivity contribution in [3.8, 4) is 0 Å². The Morgan fingerprint density at radius 3 is 2.67 bits per heavy atom. The molecule has 0 fully saturated rings. The molecule has 21 heavy (non-hydrogen) atoms. The van der Waals surface area contributed by atoms with Gasteiger partial charge in [0.2, 0.25) is 5.91 Å². The van der Waals surface area contributed by atoms with Crippen LogP contribution in [0.1, 0.15) is 26.1 Å². The molecule has 1 N–H and O–H groups in total. The number of imidazole rings is 1. The highest BCUT2D eigenvalue weighted by Gasteiger charge is 2.09. The Hall–Kier alpha value is -1.88. The lowest BCUT2D eigenvalue weighted by molar-refractivity contribution is -0.130. The summed E-state index contributed by atoms with van der Waals surface area (Å²) in [6.07, 6.45) is 0.533. The second-order valence-electron chi connectivity index (χ2n) is 5.07. The van der Waals surface area contributed by atoms with Gasteiger partial charge in [-0.3, -0.25) is 4.79 Å². The smallest absolute Gasteiger partial charge is 0.223 e. The molecular weight excluding hydrogens is 264 g/mol. The number of aryl methyl sites for hydroxylation is 1. The number of nitrogens with one attached hydrogen (secondary N) is 1. The van der Waals surface area contributed by atoms with Crippen LogP contribution >= 0.6 is 0 Å². The first-order valence-electron chi connectivity index (χ1n) is 7.56. The lowest BCUT2D eigenvalue weighted by Crippen LogP contribution is -2.32.